The lowest BCUT2D eigenvalue weighted by Gasteiger charge is -2.23. The molecule has 3 heterocycles. The number of hydrogen-bond donors (Lipinski definition) is 2. The molecule has 2 aliphatic heterocycles. The molecule has 1 atom stereocenters. The second-order valence-electron chi connectivity index (χ2n) is 7.70. The minimum atomic E-state index is -3.91. The van der Waals surface area contributed by atoms with Gasteiger partial charge in [-0.2, -0.15) is 4.72 Å². The lowest BCUT2D eigenvalue weighted by Crippen LogP contribution is -2.41. The molecule has 0 spiro atoms. The first kappa shape index (κ1) is 20.8. The Balaban J connectivity index is 1.38. The van der Waals surface area contributed by atoms with Crippen LogP contribution in [0.15, 0.2) is 40.6 Å². The SMILES string of the molecule is O=C1C(NS(=O)(=O)c2cc3ccc(Cl)cc3s2)CCN1c1cc2c(cc1F)CNCC2. The molecule has 1 aromatic heterocycles. The summed E-state index contributed by atoms with van der Waals surface area (Å²) >= 11 is 7.08. The Morgan fingerprint density at radius 2 is 2.03 bits per heavy atom. The van der Waals surface area contributed by atoms with Crippen LogP contribution >= 0.6 is 22.9 Å². The zero-order valence-electron chi connectivity index (χ0n) is 16.3. The van der Waals surface area contributed by atoms with Crippen LogP contribution in [-0.4, -0.2) is 33.5 Å². The molecule has 6 nitrogen and oxygen atoms in total. The van der Waals surface area contributed by atoms with E-state index in [0.717, 1.165) is 45.5 Å². The molecule has 0 aliphatic carbocycles. The molecule has 1 unspecified atom stereocenters. The minimum absolute atomic E-state index is 0.114. The van der Waals surface area contributed by atoms with E-state index in [0.29, 0.717) is 11.6 Å². The van der Waals surface area contributed by atoms with Gasteiger partial charge in [0, 0.05) is 22.8 Å². The molecule has 162 valence electrons. The van der Waals surface area contributed by atoms with Crippen LogP contribution in [-0.2, 0) is 27.8 Å². The van der Waals surface area contributed by atoms with E-state index in [-0.39, 0.29) is 22.9 Å². The van der Waals surface area contributed by atoms with E-state index in [1.54, 1.807) is 30.3 Å². The maximum absolute atomic E-state index is 14.7. The van der Waals surface area contributed by atoms with Crippen LogP contribution in [0.3, 0.4) is 0 Å². The third-order valence-electron chi connectivity index (χ3n) is 5.67. The van der Waals surface area contributed by atoms with Gasteiger partial charge in [-0.05, 0) is 66.2 Å². The monoisotopic (exact) mass is 479 g/mol. The summed E-state index contributed by atoms with van der Waals surface area (Å²) in [5.41, 5.74) is 2.11. The van der Waals surface area contributed by atoms with Gasteiger partial charge in [0.2, 0.25) is 5.91 Å². The molecule has 2 N–H and O–H groups in total. The number of nitrogens with zero attached hydrogens (tertiary/aromatic N) is 1. The highest BCUT2D eigenvalue weighted by Crippen LogP contribution is 2.33. The number of carbonyl (C=O) groups is 1. The molecular weight excluding hydrogens is 461 g/mol. The van der Waals surface area contributed by atoms with Crippen LogP contribution in [0.25, 0.3) is 10.1 Å². The lowest BCUT2D eigenvalue weighted by molar-refractivity contribution is -0.118. The average molecular weight is 480 g/mol. The van der Waals surface area contributed by atoms with Crippen LogP contribution < -0.4 is 14.9 Å². The Bertz CT molecular complexity index is 1310. The normalized spacial score (nSPS) is 19.2. The first-order valence-corrected chi connectivity index (χ1v) is 12.5. The smallest absolute Gasteiger partial charge is 0.250 e. The van der Waals surface area contributed by atoms with Crippen LogP contribution in [0.1, 0.15) is 17.5 Å². The van der Waals surface area contributed by atoms with Gasteiger partial charge < -0.3 is 10.2 Å². The third kappa shape index (κ3) is 3.85. The highest BCUT2D eigenvalue weighted by molar-refractivity contribution is 7.91. The highest BCUT2D eigenvalue weighted by atomic mass is 35.5. The van der Waals surface area contributed by atoms with Gasteiger partial charge in [0.15, 0.2) is 0 Å². The average Bonchev–Trinajstić information content (AvgIpc) is 3.31. The summed E-state index contributed by atoms with van der Waals surface area (Å²) in [6.45, 7) is 1.65. The first-order chi connectivity index (χ1) is 14.8. The van der Waals surface area contributed by atoms with E-state index in [2.05, 4.69) is 10.0 Å². The summed E-state index contributed by atoms with van der Waals surface area (Å²) in [7, 11) is -3.91. The molecule has 2 aromatic carbocycles. The molecule has 1 amide bonds. The van der Waals surface area contributed by atoms with Crippen LogP contribution in [0.2, 0.25) is 5.02 Å². The predicted octanol–water partition coefficient (Wildman–Crippen LogP) is 3.42. The maximum atomic E-state index is 14.7. The predicted molar refractivity (Wildman–Crippen MR) is 120 cm³/mol. The van der Waals surface area contributed by atoms with Gasteiger partial charge in [-0.25, -0.2) is 12.8 Å². The largest absolute Gasteiger partial charge is 0.312 e. The number of fused-ring (bicyclic) bond motifs is 2. The zero-order valence-corrected chi connectivity index (χ0v) is 18.7. The first-order valence-electron chi connectivity index (χ1n) is 9.87. The molecule has 31 heavy (non-hydrogen) atoms. The number of carbonyl (C=O) groups excluding carboxylic acids is 1. The lowest BCUT2D eigenvalue weighted by atomic mass is 9.99. The summed E-state index contributed by atoms with van der Waals surface area (Å²) in [6, 6.07) is 8.96. The van der Waals surface area contributed by atoms with E-state index in [4.69, 9.17) is 11.6 Å². The third-order valence-corrected chi connectivity index (χ3v) is 8.95. The van der Waals surface area contributed by atoms with Crippen molar-refractivity contribution in [2.45, 2.75) is 29.6 Å². The number of anilines is 1. The van der Waals surface area contributed by atoms with Crippen molar-refractivity contribution >= 4 is 54.6 Å². The Kier molecular flexibility index (Phi) is 5.26. The fourth-order valence-electron chi connectivity index (χ4n) is 4.08. The number of benzene rings is 2. The summed E-state index contributed by atoms with van der Waals surface area (Å²) in [6.07, 6.45) is 1.03. The molecule has 1 saturated heterocycles. The summed E-state index contributed by atoms with van der Waals surface area (Å²) in [4.78, 5) is 14.3. The van der Waals surface area contributed by atoms with Crippen LogP contribution in [0, 0.1) is 5.82 Å². The molecule has 0 saturated carbocycles. The van der Waals surface area contributed by atoms with Gasteiger partial charge in [0.1, 0.15) is 16.1 Å². The van der Waals surface area contributed by atoms with Crippen LogP contribution in [0.5, 0.6) is 0 Å². The van der Waals surface area contributed by atoms with Crippen molar-refractivity contribution in [2.75, 3.05) is 18.0 Å². The van der Waals surface area contributed by atoms with Crippen LogP contribution in [0.4, 0.5) is 10.1 Å². The van der Waals surface area contributed by atoms with Crippen molar-refractivity contribution in [3.05, 3.63) is 58.4 Å². The number of sulfonamides is 1. The van der Waals surface area contributed by atoms with Gasteiger partial charge in [-0.3, -0.25) is 4.79 Å². The van der Waals surface area contributed by atoms with E-state index in [1.165, 1.54) is 11.0 Å². The molecule has 0 radical (unpaired) electrons. The second kappa shape index (κ2) is 7.83. The van der Waals surface area contributed by atoms with E-state index < -0.39 is 27.8 Å². The Morgan fingerprint density at radius 3 is 2.87 bits per heavy atom. The van der Waals surface area contributed by atoms with Crippen molar-refractivity contribution in [1.82, 2.24) is 10.0 Å². The Labute approximate surface area is 188 Å². The van der Waals surface area contributed by atoms with Crippen molar-refractivity contribution in [1.29, 1.82) is 0 Å². The molecule has 1 fully saturated rings. The van der Waals surface area contributed by atoms with Gasteiger partial charge in [0.25, 0.3) is 10.0 Å². The van der Waals surface area contributed by atoms with E-state index >= 15 is 0 Å². The van der Waals surface area contributed by atoms with Crippen molar-refractivity contribution in [3.8, 4) is 0 Å². The Hall–Kier alpha value is -2.04. The quantitative estimate of drug-likeness (QED) is 0.601. The number of hydrogen-bond acceptors (Lipinski definition) is 5. The zero-order chi connectivity index (χ0) is 21.8. The number of nitrogens with one attached hydrogen (secondary N) is 2. The fraction of sp³-hybridized carbons (Fsp3) is 0.286. The minimum Gasteiger partial charge on any atom is -0.312 e. The number of rotatable bonds is 4. The van der Waals surface area contributed by atoms with Gasteiger partial charge in [0.05, 0.1) is 5.69 Å². The fourth-order valence-corrected chi connectivity index (χ4v) is 7.00. The number of halogens is 2. The molecule has 2 aliphatic rings. The van der Waals surface area contributed by atoms with E-state index in [9.17, 15) is 17.6 Å². The highest BCUT2D eigenvalue weighted by Gasteiger charge is 2.37. The van der Waals surface area contributed by atoms with E-state index in [1.807, 2.05) is 0 Å². The molecule has 10 heteroatoms. The number of amides is 1. The summed E-state index contributed by atoms with van der Waals surface area (Å²) in [5.74, 6) is -0.916. The van der Waals surface area contributed by atoms with Gasteiger partial charge in [-0.1, -0.05) is 17.7 Å². The van der Waals surface area contributed by atoms with Crippen molar-refractivity contribution in [3.63, 3.8) is 0 Å². The maximum Gasteiger partial charge on any atom is 0.250 e. The molecule has 5 rings (SSSR count). The van der Waals surface area contributed by atoms with Gasteiger partial charge in [-0.15, -0.1) is 11.3 Å². The van der Waals surface area contributed by atoms with Crippen molar-refractivity contribution in [2.24, 2.45) is 0 Å². The molecule has 3 aromatic rings. The summed E-state index contributed by atoms with van der Waals surface area (Å²) in [5, 5.41) is 4.48. The molecule has 0 bridgehead atoms. The second-order valence-corrected chi connectivity index (χ2v) is 11.2. The standard InChI is InChI=1S/C21H19ClFN3O3S2/c22-15-2-1-13-9-20(30-19(13)10-15)31(28,29)25-17-4-6-26(21(17)27)18-8-12-3-5-24-11-14(12)7-16(18)23/h1-2,7-10,17,24-25H,3-6,11H2. The topological polar surface area (TPSA) is 78.5 Å². The molecular formula is C21H19ClFN3O3S2. The number of thiophene rings is 1. The van der Waals surface area contributed by atoms with Gasteiger partial charge >= 0.3 is 0 Å². The summed E-state index contributed by atoms with van der Waals surface area (Å²) < 4.78 is 43.9. The Morgan fingerprint density at radius 1 is 1.19 bits per heavy atom. The van der Waals surface area contributed by atoms with Crippen molar-refractivity contribution < 1.29 is 17.6 Å².